The van der Waals surface area contributed by atoms with Crippen LogP contribution in [0.15, 0.2) is 0 Å². The molecule has 4 heteroatoms. The molecular formula is C11H23N3O. The van der Waals surface area contributed by atoms with Gasteiger partial charge in [0.2, 0.25) is 5.91 Å². The molecule has 88 valence electrons. The molecule has 1 heterocycles. The van der Waals surface area contributed by atoms with Crippen molar-refractivity contribution in [3.8, 4) is 0 Å². The summed E-state index contributed by atoms with van der Waals surface area (Å²) >= 11 is 0. The Balaban J connectivity index is 2.01. The van der Waals surface area contributed by atoms with E-state index < -0.39 is 0 Å². The first kappa shape index (κ1) is 12.5. The van der Waals surface area contributed by atoms with E-state index in [1.165, 1.54) is 25.9 Å². The minimum absolute atomic E-state index is 0.132. The molecule has 0 aromatic rings. The summed E-state index contributed by atoms with van der Waals surface area (Å²) in [6.07, 6.45) is 3.16. The number of rotatable bonds is 6. The second kappa shape index (κ2) is 6.80. The fourth-order valence-electron chi connectivity index (χ4n) is 1.83. The first-order valence-corrected chi connectivity index (χ1v) is 5.91. The second-order valence-electron chi connectivity index (χ2n) is 4.44. The third-order valence-electron chi connectivity index (χ3n) is 2.89. The zero-order chi connectivity index (χ0) is 11.1. The van der Waals surface area contributed by atoms with E-state index in [1.54, 1.807) is 0 Å². The molecule has 1 aliphatic heterocycles. The van der Waals surface area contributed by atoms with Crippen molar-refractivity contribution in [3.05, 3.63) is 0 Å². The number of nitrogens with zero attached hydrogens (tertiary/aromatic N) is 1. The van der Waals surface area contributed by atoms with Crippen LogP contribution in [0.5, 0.6) is 0 Å². The minimum atomic E-state index is 0.132. The lowest BCUT2D eigenvalue weighted by molar-refractivity contribution is -0.121. The van der Waals surface area contributed by atoms with Gasteiger partial charge in [-0.3, -0.25) is 4.79 Å². The molecule has 0 spiro atoms. The van der Waals surface area contributed by atoms with Crippen LogP contribution in [-0.2, 0) is 4.79 Å². The maximum absolute atomic E-state index is 11.4. The van der Waals surface area contributed by atoms with Gasteiger partial charge in [-0.05, 0) is 38.4 Å². The van der Waals surface area contributed by atoms with Gasteiger partial charge < -0.3 is 16.0 Å². The zero-order valence-corrected chi connectivity index (χ0v) is 9.67. The molecule has 0 radical (unpaired) electrons. The Kier molecular flexibility index (Phi) is 5.65. The van der Waals surface area contributed by atoms with E-state index >= 15 is 0 Å². The number of nitrogens with two attached hydrogens (primary N) is 1. The van der Waals surface area contributed by atoms with Gasteiger partial charge in [0.15, 0.2) is 0 Å². The normalized spacial score (nSPS) is 19.1. The molecule has 0 aromatic carbocycles. The third-order valence-corrected chi connectivity index (χ3v) is 2.89. The molecule has 1 aliphatic rings. The van der Waals surface area contributed by atoms with Gasteiger partial charge in [-0.1, -0.05) is 6.92 Å². The number of likely N-dealkylation sites (tertiary alicyclic amines) is 1. The Labute approximate surface area is 92.2 Å². The van der Waals surface area contributed by atoms with Crippen molar-refractivity contribution in [1.82, 2.24) is 10.2 Å². The van der Waals surface area contributed by atoms with E-state index in [0.29, 0.717) is 13.0 Å². The molecule has 1 amide bonds. The van der Waals surface area contributed by atoms with E-state index in [9.17, 15) is 4.79 Å². The Hall–Kier alpha value is -0.610. The SMILES string of the molecule is CC(CN)CC(=O)NCCN1CCCC1. The van der Waals surface area contributed by atoms with E-state index in [4.69, 9.17) is 5.73 Å². The summed E-state index contributed by atoms with van der Waals surface area (Å²) in [5.74, 6) is 0.420. The highest BCUT2D eigenvalue weighted by Gasteiger charge is 2.11. The topological polar surface area (TPSA) is 58.4 Å². The third kappa shape index (κ3) is 5.14. The molecule has 1 atom stereocenters. The summed E-state index contributed by atoms with van der Waals surface area (Å²) < 4.78 is 0. The fourth-order valence-corrected chi connectivity index (χ4v) is 1.83. The summed E-state index contributed by atoms with van der Waals surface area (Å²) in [7, 11) is 0. The van der Waals surface area contributed by atoms with Crippen LogP contribution in [0.1, 0.15) is 26.2 Å². The highest BCUT2D eigenvalue weighted by molar-refractivity contribution is 5.76. The van der Waals surface area contributed by atoms with Crippen LogP contribution < -0.4 is 11.1 Å². The lowest BCUT2D eigenvalue weighted by atomic mass is 10.1. The van der Waals surface area contributed by atoms with Crippen LogP contribution in [0, 0.1) is 5.92 Å². The minimum Gasteiger partial charge on any atom is -0.355 e. The number of carbonyl (C=O) groups is 1. The predicted molar refractivity (Wildman–Crippen MR) is 61.5 cm³/mol. The van der Waals surface area contributed by atoms with Crippen molar-refractivity contribution < 1.29 is 4.79 Å². The van der Waals surface area contributed by atoms with Gasteiger partial charge in [0.25, 0.3) is 0 Å². The number of carbonyl (C=O) groups excluding carboxylic acids is 1. The van der Waals surface area contributed by atoms with Crippen molar-refractivity contribution in [2.45, 2.75) is 26.2 Å². The summed E-state index contributed by atoms with van der Waals surface area (Å²) in [6, 6.07) is 0. The van der Waals surface area contributed by atoms with Gasteiger partial charge in [0, 0.05) is 19.5 Å². The highest BCUT2D eigenvalue weighted by atomic mass is 16.1. The van der Waals surface area contributed by atoms with Crippen molar-refractivity contribution in [2.24, 2.45) is 11.7 Å². The monoisotopic (exact) mass is 213 g/mol. The molecule has 0 aromatic heterocycles. The maximum atomic E-state index is 11.4. The molecule has 3 N–H and O–H groups in total. The van der Waals surface area contributed by atoms with Crippen molar-refractivity contribution >= 4 is 5.91 Å². The largest absolute Gasteiger partial charge is 0.355 e. The standard InChI is InChI=1S/C11H23N3O/c1-10(9-12)8-11(15)13-4-7-14-5-2-3-6-14/h10H,2-9,12H2,1H3,(H,13,15). The van der Waals surface area contributed by atoms with E-state index in [0.717, 1.165) is 13.1 Å². The summed E-state index contributed by atoms with van der Waals surface area (Å²) in [6.45, 7) is 6.72. The summed E-state index contributed by atoms with van der Waals surface area (Å²) in [5, 5.41) is 2.94. The van der Waals surface area contributed by atoms with Gasteiger partial charge in [0.1, 0.15) is 0 Å². The van der Waals surface area contributed by atoms with Crippen LogP contribution in [0.2, 0.25) is 0 Å². The van der Waals surface area contributed by atoms with Crippen LogP contribution in [0.4, 0.5) is 0 Å². The highest BCUT2D eigenvalue weighted by Crippen LogP contribution is 2.05. The molecule has 0 aliphatic carbocycles. The lowest BCUT2D eigenvalue weighted by Crippen LogP contribution is -2.34. The number of hydrogen-bond donors (Lipinski definition) is 2. The Morgan fingerprint density at radius 1 is 1.47 bits per heavy atom. The fraction of sp³-hybridized carbons (Fsp3) is 0.909. The van der Waals surface area contributed by atoms with E-state index in [2.05, 4.69) is 10.2 Å². The molecule has 1 unspecified atom stereocenters. The van der Waals surface area contributed by atoms with Crippen molar-refractivity contribution in [1.29, 1.82) is 0 Å². The molecule has 0 bridgehead atoms. The van der Waals surface area contributed by atoms with Gasteiger partial charge in [-0.25, -0.2) is 0 Å². The maximum Gasteiger partial charge on any atom is 0.220 e. The van der Waals surface area contributed by atoms with Gasteiger partial charge in [0.05, 0.1) is 0 Å². The van der Waals surface area contributed by atoms with Gasteiger partial charge in [-0.15, -0.1) is 0 Å². The van der Waals surface area contributed by atoms with Gasteiger partial charge in [-0.2, -0.15) is 0 Å². The van der Waals surface area contributed by atoms with Crippen LogP contribution in [0.3, 0.4) is 0 Å². The van der Waals surface area contributed by atoms with Crippen LogP contribution in [0.25, 0.3) is 0 Å². The quantitative estimate of drug-likeness (QED) is 0.662. The summed E-state index contributed by atoms with van der Waals surface area (Å²) in [4.78, 5) is 13.8. The Morgan fingerprint density at radius 3 is 2.73 bits per heavy atom. The molecule has 4 nitrogen and oxygen atoms in total. The molecule has 15 heavy (non-hydrogen) atoms. The van der Waals surface area contributed by atoms with E-state index in [-0.39, 0.29) is 11.8 Å². The zero-order valence-electron chi connectivity index (χ0n) is 9.67. The second-order valence-corrected chi connectivity index (χ2v) is 4.44. The van der Waals surface area contributed by atoms with Gasteiger partial charge >= 0.3 is 0 Å². The smallest absolute Gasteiger partial charge is 0.220 e. The Morgan fingerprint density at radius 2 is 2.13 bits per heavy atom. The van der Waals surface area contributed by atoms with Crippen LogP contribution in [-0.4, -0.2) is 43.5 Å². The molecule has 1 fully saturated rings. The van der Waals surface area contributed by atoms with E-state index in [1.807, 2.05) is 6.92 Å². The lowest BCUT2D eigenvalue weighted by Gasteiger charge is -2.15. The predicted octanol–water partition coefficient (Wildman–Crippen LogP) is 0.183. The average Bonchev–Trinajstić information content (AvgIpc) is 2.70. The molecule has 1 rings (SSSR count). The van der Waals surface area contributed by atoms with Crippen molar-refractivity contribution in [3.63, 3.8) is 0 Å². The average molecular weight is 213 g/mol. The molecule has 1 saturated heterocycles. The number of amides is 1. The summed E-state index contributed by atoms with van der Waals surface area (Å²) in [5.41, 5.74) is 5.46. The first-order valence-electron chi connectivity index (χ1n) is 5.91. The molecular weight excluding hydrogens is 190 g/mol. The number of hydrogen-bond acceptors (Lipinski definition) is 3. The molecule has 0 saturated carbocycles. The Bertz CT molecular complexity index is 190. The van der Waals surface area contributed by atoms with Crippen molar-refractivity contribution in [2.75, 3.05) is 32.7 Å². The van der Waals surface area contributed by atoms with Crippen LogP contribution >= 0.6 is 0 Å². The first-order chi connectivity index (χ1) is 7.22. The number of nitrogens with one attached hydrogen (secondary N) is 1.